The van der Waals surface area contributed by atoms with Crippen molar-refractivity contribution in [2.24, 2.45) is 10.9 Å². The first-order chi connectivity index (χ1) is 15.5. The number of hydrogen-bond donors (Lipinski definition) is 2. The van der Waals surface area contributed by atoms with Crippen molar-refractivity contribution in [2.75, 3.05) is 45.8 Å². The van der Waals surface area contributed by atoms with Gasteiger partial charge in [0.2, 0.25) is 0 Å². The highest BCUT2D eigenvalue weighted by Gasteiger charge is 2.24. The summed E-state index contributed by atoms with van der Waals surface area (Å²) in [5, 5.41) is 6.49. The van der Waals surface area contributed by atoms with E-state index in [4.69, 9.17) is 9.47 Å². The number of guanidine groups is 1. The first-order valence-corrected chi connectivity index (χ1v) is 10.5. The van der Waals surface area contributed by atoms with Crippen LogP contribution in [-0.2, 0) is 6.54 Å². The van der Waals surface area contributed by atoms with Crippen molar-refractivity contribution in [3.63, 3.8) is 0 Å². The lowest BCUT2D eigenvalue weighted by molar-refractivity contribution is -0.0505. The third kappa shape index (κ3) is 6.15. The van der Waals surface area contributed by atoms with Gasteiger partial charge in [-0.25, -0.2) is 0 Å². The quantitative estimate of drug-likeness (QED) is 0.452. The summed E-state index contributed by atoms with van der Waals surface area (Å²) in [7, 11) is 4.88. The summed E-state index contributed by atoms with van der Waals surface area (Å²) >= 11 is 0. The number of benzene rings is 2. The zero-order valence-corrected chi connectivity index (χ0v) is 18.6. The normalized spacial score (nSPS) is 16.2. The molecule has 1 aliphatic rings. The molecule has 174 valence electrons. The molecule has 7 nitrogen and oxygen atoms in total. The van der Waals surface area contributed by atoms with E-state index in [1.54, 1.807) is 26.3 Å². The molecule has 0 aromatic heterocycles. The molecule has 0 aliphatic carbocycles. The van der Waals surface area contributed by atoms with Gasteiger partial charge in [-0.3, -0.25) is 4.99 Å². The zero-order valence-electron chi connectivity index (χ0n) is 18.6. The smallest absolute Gasteiger partial charge is 0.387 e. The first-order valence-electron chi connectivity index (χ1n) is 10.5. The molecule has 1 heterocycles. The fourth-order valence-electron chi connectivity index (χ4n) is 3.78. The molecule has 1 saturated heterocycles. The molecule has 0 amide bonds. The highest BCUT2D eigenvalue weighted by atomic mass is 19.3. The van der Waals surface area contributed by atoms with Gasteiger partial charge in [0, 0.05) is 38.8 Å². The minimum Gasteiger partial charge on any atom is -0.497 e. The van der Waals surface area contributed by atoms with Crippen LogP contribution in [0.3, 0.4) is 0 Å². The molecule has 0 saturated carbocycles. The van der Waals surface area contributed by atoms with Crippen molar-refractivity contribution in [2.45, 2.75) is 19.6 Å². The van der Waals surface area contributed by atoms with Gasteiger partial charge in [0.25, 0.3) is 0 Å². The number of nitrogens with zero attached hydrogens (tertiary/aromatic N) is 2. The van der Waals surface area contributed by atoms with Gasteiger partial charge >= 0.3 is 6.61 Å². The summed E-state index contributed by atoms with van der Waals surface area (Å²) in [6.07, 6.45) is 1.05. The Labute approximate surface area is 187 Å². The molecule has 0 bridgehead atoms. The topological polar surface area (TPSA) is 67.4 Å². The van der Waals surface area contributed by atoms with E-state index >= 15 is 0 Å². The third-order valence-electron chi connectivity index (χ3n) is 5.42. The molecule has 32 heavy (non-hydrogen) atoms. The number of anilines is 1. The summed E-state index contributed by atoms with van der Waals surface area (Å²) in [6.45, 7) is -0.0299. The lowest BCUT2D eigenvalue weighted by atomic mass is 10.1. The Hall–Kier alpha value is -3.23. The predicted molar refractivity (Wildman–Crippen MR) is 121 cm³/mol. The summed E-state index contributed by atoms with van der Waals surface area (Å²) in [5.41, 5.74) is 1.65. The number of halogens is 2. The number of methoxy groups -OCH3 is 2. The summed E-state index contributed by atoms with van der Waals surface area (Å²) in [5.74, 6) is 2.57. The van der Waals surface area contributed by atoms with E-state index in [0.717, 1.165) is 37.5 Å². The highest BCUT2D eigenvalue weighted by molar-refractivity contribution is 5.79. The van der Waals surface area contributed by atoms with Crippen molar-refractivity contribution < 1.29 is 23.0 Å². The molecular formula is C23H30F2N4O3. The monoisotopic (exact) mass is 448 g/mol. The van der Waals surface area contributed by atoms with Gasteiger partial charge in [-0.1, -0.05) is 12.1 Å². The Morgan fingerprint density at radius 3 is 2.66 bits per heavy atom. The Balaban J connectivity index is 1.54. The van der Waals surface area contributed by atoms with Crippen LogP contribution in [-0.4, -0.2) is 53.5 Å². The van der Waals surface area contributed by atoms with Crippen LogP contribution in [0.2, 0.25) is 0 Å². The van der Waals surface area contributed by atoms with Crippen LogP contribution in [0.5, 0.6) is 17.2 Å². The Bertz CT molecular complexity index is 911. The van der Waals surface area contributed by atoms with E-state index in [1.807, 2.05) is 18.2 Å². The maximum atomic E-state index is 12.7. The lowest BCUT2D eigenvalue weighted by Gasteiger charge is -2.21. The molecule has 1 aliphatic heterocycles. The van der Waals surface area contributed by atoms with Crippen LogP contribution in [0, 0.1) is 5.92 Å². The van der Waals surface area contributed by atoms with Crippen molar-refractivity contribution in [1.82, 2.24) is 10.6 Å². The molecular weight excluding hydrogens is 418 g/mol. The van der Waals surface area contributed by atoms with E-state index in [2.05, 4.69) is 31.3 Å². The fourth-order valence-corrected chi connectivity index (χ4v) is 3.78. The lowest BCUT2D eigenvalue weighted by Crippen LogP contribution is -2.40. The molecule has 2 aromatic carbocycles. The molecule has 1 fully saturated rings. The van der Waals surface area contributed by atoms with E-state index < -0.39 is 6.61 Å². The molecule has 1 atom stereocenters. The molecule has 2 aromatic rings. The van der Waals surface area contributed by atoms with Crippen molar-refractivity contribution >= 4 is 11.6 Å². The number of rotatable bonds is 9. The van der Waals surface area contributed by atoms with Crippen LogP contribution in [0.4, 0.5) is 14.5 Å². The van der Waals surface area contributed by atoms with Gasteiger partial charge in [-0.15, -0.1) is 0 Å². The standard InChI is InChI=1S/C23H30F2N4O3/c1-26-23(28-14-17-12-18(30-2)8-9-20(17)32-22(24)25)27-13-16-10-11-29(15-16)19-6-4-5-7-21(19)31-3/h4-9,12,16,22H,10-11,13-15H2,1-3H3,(H2,26,27,28). The number of hydrogen-bond acceptors (Lipinski definition) is 5. The Morgan fingerprint density at radius 1 is 1.12 bits per heavy atom. The van der Waals surface area contributed by atoms with E-state index in [1.165, 1.54) is 13.2 Å². The van der Waals surface area contributed by atoms with Crippen molar-refractivity contribution in [3.05, 3.63) is 48.0 Å². The predicted octanol–water partition coefficient (Wildman–Crippen LogP) is 3.50. The van der Waals surface area contributed by atoms with Crippen LogP contribution in [0.1, 0.15) is 12.0 Å². The van der Waals surface area contributed by atoms with Gasteiger partial charge in [0.1, 0.15) is 17.2 Å². The van der Waals surface area contributed by atoms with Gasteiger partial charge < -0.3 is 29.7 Å². The maximum absolute atomic E-state index is 12.7. The van der Waals surface area contributed by atoms with Gasteiger partial charge in [-0.2, -0.15) is 8.78 Å². The number of para-hydroxylation sites is 2. The second-order valence-electron chi connectivity index (χ2n) is 7.43. The van der Waals surface area contributed by atoms with Crippen LogP contribution >= 0.6 is 0 Å². The summed E-state index contributed by atoms with van der Waals surface area (Å²) in [6, 6.07) is 12.7. The number of nitrogens with one attached hydrogen (secondary N) is 2. The Morgan fingerprint density at radius 2 is 1.94 bits per heavy atom. The van der Waals surface area contributed by atoms with Crippen LogP contribution < -0.4 is 29.7 Å². The third-order valence-corrected chi connectivity index (χ3v) is 5.42. The van der Waals surface area contributed by atoms with Gasteiger partial charge in [0.05, 0.1) is 19.9 Å². The first kappa shape index (κ1) is 23.4. The number of aliphatic imine (C=N–C) groups is 1. The van der Waals surface area contributed by atoms with Gasteiger partial charge in [0.15, 0.2) is 5.96 Å². The SMILES string of the molecule is CN=C(NCc1cc(OC)ccc1OC(F)F)NCC1CCN(c2ccccc2OC)C1. The molecule has 2 N–H and O–H groups in total. The molecule has 3 rings (SSSR count). The summed E-state index contributed by atoms with van der Waals surface area (Å²) < 4.78 is 40.7. The van der Waals surface area contributed by atoms with Crippen molar-refractivity contribution in [1.29, 1.82) is 0 Å². The fraction of sp³-hybridized carbons (Fsp3) is 0.435. The minimum absolute atomic E-state index is 0.104. The highest BCUT2D eigenvalue weighted by Crippen LogP contribution is 2.31. The zero-order chi connectivity index (χ0) is 22.9. The molecule has 9 heteroatoms. The average molecular weight is 449 g/mol. The second-order valence-corrected chi connectivity index (χ2v) is 7.43. The second kappa shape index (κ2) is 11.4. The number of alkyl halides is 2. The van der Waals surface area contributed by atoms with E-state index in [-0.39, 0.29) is 12.3 Å². The maximum Gasteiger partial charge on any atom is 0.387 e. The summed E-state index contributed by atoms with van der Waals surface area (Å²) in [4.78, 5) is 6.57. The average Bonchev–Trinajstić information content (AvgIpc) is 3.28. The van der Waals surface area contributed by atoms with E-state index in [0.29, 0.717) is 23.2 Å². The molecule has 1 unspecified atom stereocenters. The van der Waals surface area contributed by atoms with Gasteiger partial charge in [-0.05, 0) is 42.7 Å². The van der Waals surface area contributed by atoms with Crippen molar-refractivity contribution in [3.8, 4) is 17.2 Å². The molecule has 0 spiro atoms. The Kier molecular flexibility index (Phi) is 8.35. The number of ether oxygens (including phenoxy) is 3. The van der Waals surface area contributed by atoms with Crippen LogP contribution in [0.25, 0.3) is 0 Å². The van der Waals surface area contributed by atoms with Crippen LogP contribution in [0.15, 0.2) is 47.5 Å². The minimum atomic E-state index is -2.90. The molecule has 0 radical (unpaired) electrons. The van der Waals surface area contributed by atoms with E-state index in [9.17, 15) is 8.78 Å². The largest absolute Gasteiger partial charge is 0.497 e.